The highest BCUT2D eigenvalue weighted by molar-refractivity contribution is 7.99. The number of imide groups is 1. The summed E-state index contributed by atoms with van der Waals surface area (Å²) in [5, 5.41) is 12.4. The average Bonchev–Trinajstić information content (AvgIpc) is 3.02. The molecule has 1 aromatic carbocycles. The Labute approximate surface area is 130 Å². The number of hydrogen-bond donors (Lipinski definition) is 2. The maximum atomic E-state index is 11.4. The molecule has 0 saturated heterocycles. The number of nitrogens with one attached hydrogen (secondary N) is 2. The third-order valence-electron chi connectivity index (χ3n) is 2.55. The first-order chi connectivity index (χ1) is 10.6. The molecule has 9 heteroatoms. The van der Waals surface area contributed by atoms with Crippen LogP contribution in [0.3, 0.4) is 0 Å². The van der Waals surface area contributed by atoms with Crippen molar-refractivity contribution in [1.29, 1.82) is 0 Å². The number of carbonyl (C=O) groups is 2. The maximum absolute atomic E-state index is 11.4. The predicted molar refractivity (Wildman–Crippen MR) is 79.6 cm³/mol. The number of carbonyl (C=O) groups excluding carboxylic acids is 2. The zero-order chi connectivity index (χ0) is 15.9. The van der Waals surface area contributed by atoms with Crippen molar-refractivity contribution in [3.8, 4) is 17.2 Å². The van der Waals surface area contributed by atoms with Crippen LogP contribution in [0.2, 0.25) is 0 Å². The molecule has 0 spiro atoms. The van der Waals surface area contributed by atoms with Crippen LogP contribution in [-0.2, 0) is 4.79 Å². The summed E-state index contributed by atoms with van der Waals surface area (Å²) in [7, 11) is 3.01. The Kier molecular flexibility index (Phi) is 5.37. The summed E-state index contributed by atoms with van der Waals surface area (Å²) in [6.07, 6.45) is 0. The quantitative estimate of drug-likeness (QED) is 0.799. The predicted octanol–water partition coefficient (Wildman–Crippen LogP) is 1.29. The normalized spacial score (nSPS) is 10.1. The van der Waals surface area contributed by atoms with Crippen LogP contribution < -0.4 is 15.4 Å². The lowest BCUT2D eigenvalue weighted by Crippen LogP contribution is -2.38. The fourth-order valence-electron chi connectivity index (χ4n) is 1.47. The monoisotopic (exact) mass is 322 g/mol. The molecule has 0 unspecified atom stereocenters. The number of benzene rings is 1. The van der Waals surface area contributed by atoms with Gasteiger partial charge in [0.2, 0.25) is 11.8 Å². The van der Waals surface area contributed by atoms with Gasteiger partial charge in [-0.15, -0.1) is 10.2 Å². The lowest BCUT2D eigenvalue weighted by molar-refractivity contribution is -0.117. The molecule has 0 fully saturated rings. The van der Waals surface area contributed by atoms with E-state index in [4.69, 9.17) is 9.15 Å². The maximum Gasteiger partial charge on any atom is 0.321 e. The van der Waals surface area contributed by atoms with Gasteiger partial charge < -0.3 is 14.5 Å². The van der Waals surface area contributed by atoms with Crippen LogP contribution in [0.15, 0.2) is 33.9 Å². The highest BCUT2D eigenvalue weighted by Crippen LogP contribution is 2.24. The Morgan fingerprint density at radius 2 is 2.00 bits per heavy atom. The minimum atomic E-state index is -0.560. The summed E-state index contributed by atoms with van der Waals surface area (Å²) in [5.41, 5.74) is 0.745. The summed E-state index contributed by atoms with van der Waals surface area (Å²) in [6, 6.07) is 6.58. The Balaban J connectivity index is 1.93. The van der Waals surface area contributed by atoms with Gasteiger partial charge in [0, 0.05) is 12.6 Å². The number of nitrogens with zero attached hydrogens (tertiary/aromatic N) is 2. The van der Waals surface area contributed by atoms with Crippen LogP contribution >= 0.6 is 11.8 Å². The number of rotatable bonds is 5. The van der Waals surface area contributed by atoms with E-state index in [9.17, 15) is 9.59 Å². The SMILES string of the molecule is CNC(=O)NC(=O)CSc1nnc(-c2ccc(OC)cc2)o1. The lowest BCUT2D eigenvalue weighted by atomic mass is 10.2. The molecule has 0 radical (unpaired) electrons. The second kappa shape index (κ2) is 7.46. The van der Waals surface area contributed by atoms with Crippen LogP contribution in [0.1, 0.15) is 0 Å². The molecule has 2 rings (SSSR count). The van der Waals surface area contributed by atoms with E-state index >= 15 is 0 Å². The van der Waals surface area contributed by atoms with Gasteiger partial charge in [0.25, 0.3) is 5.22 Å². The van der Waals surface area contributed by atoms with E-state index in [1.165, 1.54) is 7.05 Å². The molecule has 0 atom stereocenters. The van der Waals surface area contributed by atoms with Gasteiger partial charge in [-0.05, 0) is 24.3 Å². The number of urea groups is 1. The first-order valence-electron chi connectivity index (χ1n) is 6.24. The molecular formula is C13H14N4O4S. The molecule has 3 amide bonds. The number of amides is 3. The molecule has 0 bridgehead atoms. The third kappa shape index (κ3) is 4.22. The third-order valence-corrected chi connectivity index (χ3v) is 3.37. The zero-order valence-electron chi connectivity index (χ0n) is 12.0. The van der Waals surface area contributed by atoms with Gasteiger partial charge in [-0.3, -0.25) is 10.1 Å². The summed E-state index contributed by atoms with van der Waals surface area (Å²) >= 11 is 1.05. The van der Waals surface area contributed by atoms with Crippen LogP contribution in [0.4, 0.5) is 4.79 Å². The largest absolute Gasteiger partial charge is 0.497 e. The second-order valence-electron chi connectivity index (χ2n) is 4.02. The highest BCUT2D eigenvalue weighted by atomic mass is 32.2. The Morgan fingerprint density at radius 3 is 2.64 bits per heavy atom. The van der Waals surface area contributed by atoms with Crippen molar-refractivity contribution >= 4 is 23.7 Å². The molecule has 22 heavy (non-hydrogen) atoms. The second-order valence-corrected chi connectivity index (χ2v) is 4.94. The van der Waals surface area contributed by atoms with Gasteiger partial charge in [-0.1, -0.05) is 11.8 Å². The zero-order valence-corrected chi connectivity index (χ0v) is 12.8. The molecule has 0 aliphatic heterocycles. The van der Waals surface area contributed by atoms with Gasteiger partial charge in [0.05, 0.1) is 12.9 Å². The Hall–Kier alpha value is -2.55. The van der Waals surface area contributed by atoms with E-state index in [1.807, 2.05) is 0 Å². The molecule has 0 aliphatic rings. The van der Waals surface area contributed by atoms with Crippen molar-refractivity contribution in [1.82, 2.24) is 20.8 Å². The number of aromatic nitrogens is 2. The van der Waals surface area contributed by atoms with Gasteiger partial charge in [-0.2, -0.15) is 0 Å². The lowest BCUT2D eigenvalue weighted by Gasteiger charge is -2.00. The highest BCUT2D eigenvalue weighted by Gasteiger charge is 2.12. The summed E-state index contributed by atoms with van der Waals surface area (Å²) in [6.45, 7) is 0. The molecule has 1 heterocycles. The Bertz CT molecular complexity index is 656. The number of hydrogen-bond acceptors (Lipinski definition) is 7. The minimum absolute atomic E-state index is 0.00232. The van der Waals surface area contributed by atoms with E-state index < -0.39 is 11.9 Å². The van der Waals surface area contributed by atoms with Gasteiger partial charge in [-0.25, -0.2) is 4.79 Å². The molecule has 0 aliphatic carbocycles. The molecular weight excluding hydrogens is 308 g/mol. The fraction of sp³-hybridized carbons (Fsp3) is 0.231. The molecule has 0 saturated carbocycles. The minimum Gasteiger partial charge on any atom is -0.497 e. The van der Waals surface area contributed by atoms with E-state index in [2.05, 4.69) is 20.8 Å². The van der Waals surface area contributed by atoms with E-state index in [-0.39, 0.29) is 11.0 Å². The van der Waals surface area contributed by atoms with Gasteiger partial charge in [0.1, 0.15) is 5.75 Å². The number of ether oxygens (including phenoxy) is 1. The topological polar surface area (TPSA) is 106 Å². The van der Waals surface area contributed by atoms with Crippen LogP contribution in [-0.4, -0.2) is 42.0 Å². The average molecular weight is 322 g/mol. The van der Waals surface area contributed by atoms with Crippen LogP contribution in [0.25, 0.3) is 11.5 Å². The molecule has 1 aromatic heterocycles. The van der Waals surface area contributed by atoms with Gasteiger partial charge >= 0.3 is 6.03 Å². The summed E-state index contributed by atoms with van der Waals surface area (Å²) in [5.74, 6) is 0.617. The first kappa shape index (κ1) is 15.8. The Morgan fingerprint density at radius 1 is 1.27 bits per heavy atom. The van der Waals surface area contributed by atoms with Gasteiger partial charge in [0.15, 0.2) is 0 Å². The molecule has 116 valence electrons. The molecule has 2 N–H and O–H groups in total. The van der Waals surface area contributed by atoms with E-state index in [0.29, 0.717) is 5.89 Å². The van der Waals surface area contributed by atoms with Crippen molar-refractivity contribution < 1.29 is 18.7 Å². The molecule has 2 aromatic rings. The van der Waals surface area contributed by atoms with Crippen molar-refractivity contribution in [2.45, 2.75) is 5.22 Å². The van der Waals surface area contributed by atoms with Crippen molar-refractivity contribution in [2.24, 2.45) is 0 Å². The summed E-state index contributed by atoms with van der Waals surface area (Å²) in [4.78, 5) is 22.4. The van der Waals surface area contributed by atoms with E-state index in [1.54, 1.807) is 31.4 Å². The number of methoxy groups -OCH3 is 1. The smallest absolute Gasteiger partial charge is 0.321 e. The van der Waals surface area contributed by atoms with Crippen molar-refractivity contribution in [2.75, 3.05) is 19.9 Å². The summed E-state index contributed by atoms with van der Waals surface area (Å²) < 4.78 is 10.5. The first-order valence-corrected chi connectivity index (χ1v) is 7.23. The van der Waals surface area contributed by atoms with Crippen molar-refractivity contribution in [3.05, 3.63) is 24.3 Å². The van der Waals surface area contributed by atoms with Crippen LogP contribution in [0, 0.1) is 0 Å². The fourth-order valence-corrected chi connectivity index (χ4v) is 2.03. The van der Waals surface area contributed by atoms with E-state index in [0.717, 1.165) is 23.1 Å². The van der Waals surface area contributed by atoms with Crippen molar-refractivity contribution in [3.63, 3.8) is 0 Å². The molecule has 8 nitrogen and oxygen atoms in total. The standard InChI is InChI=1S/C13H14N4O4S/c1-14-12(19)15-10(18)7-22-13-17-16-11(21-13)8-3-5-9(20-2)6-4-8/h3-6H,7H2,1-2H3,(H2,14,15,18,19). The van der Waals surface area contributed by atoms with Crippen LogP contribution in [0.5, 0.6) is 5.75 Å². The number of thioether (sulfide) groups is 1.